The van der Waals surface area contributed by atoms with Crippen molar-refractivity contribution in [1.29, 1.82) is 0 Å². The molecule has 0 atom stereocenters. The molecule has 0 aliphatic heterocycles. The summed E-state index contributed by atoms with van der Waals surface area (Å²) in [7, 11) is 0. The van der Waals surface area contributed by atoms with Crippen molar-refractivity contribution in [2.75, 3.05) is 0 Å². The zero-order valence-electron chi connectivity index (χ0n) is 13.9. The smallest absolute Gasteiger partial charge is 0.323 e. The summed E-state index contributed by atoms with van der Waals surface area (Å²) in [4.78, 5) is 28.6. The van der Waals surface area contributed by atoms with Gasteiger partial charge in [-0.1, -0.05) is 25.1 Å². The van der Waals surface area contributed by atoms with Crippen LogP contribution in [0.3, 0.4) is 0 Å². The lowest BCUT2D eigenvalue weighted by molar-refractivity contribution is -0.137. The van der Waals surface area contributed by atoms with Gasteiger partial charge in [0.2, 0.25) is 0 Å². The third kappa shape index (κ3) is 2.40. The van der Waals surface area contributed by atoms with Crippen LogP contribution in [-0.4, -0.2) is 25.2 Å². The first-order valence-electron chi connectivity index (χ1n) is 7.84. The molecule has 6 nitrogen and oxygen atoms in total. The SMILES string of the molecule is CCc1nc2c(c(C)c(C)n2-c2ccccc2)c(=O)n1CC(=O)O. The van der Waals surface area contributed by atoms with Crippen LogP contribution in [0.1, 0.15) is 24.0 Å². The van der Waals surface area contributed by atoms with Crippen LogP contribution < -0.4 is 5.56 Å². The Morgan fingerprint density at radius 3 is 2.46 bits per heavy atom. The van der Waals surface area contributed by atoms with Crippen LogP contribution >= 0.6 is 0 Å². The zero-order valence-corrected chi connectivity index (χ0v) is 13.9. The first-order chi connectivity index (χ1) is 11.5. The average Bonchev–Trinajstić information content (AvgIpc) is 2.81. The van der Waals surface area contributed by atoms with Crippen LogP contribution in [-0.2, 0) is 17.8 Å². The van der Waals surface area contributed by atoms with E-state index in [1.165, 1.54) is 4.57 Å². The third-order valence-corrected chi connectivity index (χ3v) is 4.32. The van der Waals surface area contributed by atoms with E-state index in [0.717, 1.165) is 16.9 Å². The van der Waals surface area contributed by atoms with Crippen molar-refractivity contribution in [2.24, 2.45) is 0 Å². The summed E-state index contributed by atoms with van der Waals surface area (Å²) in [5.74, 6) is -0.575. The second kappa shape index (κ2) is 5.96. The molecule has 0 amide bonds. The molecule has 0 saturated carbocycles. The number of hydrogen-bond donors (Lipinski definition) is 1. The molecule has 0 spiro atoms. The zero-order chi connectivity index (χ0) is 17.4. The second-order valence-corrected chi connectivity index (χ2v) is 5.75. The minimum atomic E-state index is -1.05. The summed E-state index contributed by atoms with van der Waals surface area (Å²) in [5.41, 5.74) is 2.97. The highest BCUT2D eigenvalue weighted by Crippen LogP contribution is 2.25. The first kappa shape index (κ1) is 16.0. The van der Waals surface area contributed by atoms with Crippen molar-refractivity contribution < 1.29 is 9.90 Å². The van der Waals surface area contributed by atoms with E-state index in [-0.39, 0.29) is 12.1 Å². The number of carboxylic acid groups (broad SMARTS) is 1. The van der Waals surface area contributed by atoms with Crippen molar-refractivity contribution in [2.45, 2.75) is 33.7 Å². The number of carboxylic acids is 1. The highest BCUT2D eigenvalue weighted by Gasteiger charge is 2.20. The number of nitrogens with zero attached hydrogens (tertiary/aromatic N) is 3. The van der Waals surface area contributed by atoms with Gasteiger partial charge in [-0.15, -0.1) is 0 Å². The van der Waals surface area contributed by atoms with Gasteiger partial charge in [-0.3, -0.25) is 18.7 Å². The summed E-state index contributed by atoms with van der Waals surface area (Å²) in [6.45, 7) is 5.30. The van der Waals surface area contributed by atoms with E-state index < -0.39 is 5.97 Å². The molecule has 0 unspecified atom stereocenters. The van der Waals surface area contributed by atoms with Crippen molar-refractivity contribution in [1.82, 2.24) is 14.1 Å². The van der Waals surface area contributed by atoms with Crippen LogP contribution in [0.15, 0.2) is 35.1 Å². The molecule has 0 radical (unpaired) electrons. The van der Waals surface area contributed by atoms with Crippen molar-refractivity contribution >= 4 is 17.0 Å². The molecule has 124 valence electrons. The number of fused-ring (bicyclic) bond motifs is 1. The highest BCUT2D eigenvalue weighted by molar-refractivity contribution is 5.83. The third-order valence-electron chi connectivity index (χ3n) is 4.32. The summed E-state index contributed by atoms with van der Waals surface area (Å²) in [5, 5.41) is 9.58. The number of aromatic nitrogens is 3. The molecule has 2 aromatic heterocycles. The van der Waals surface area contributed by atoms with Gasteiger partial charge in [-0.25, -0.2) is 4.98 Å². The molecule has 2 heterocycles. The predicted molar refractivity (Wildman–Crippen MR) is 91.8 cm³/mol. The fraction of sp³-hybridized carbons (Fsp3) is 0.278. The van der Waals surface area contributed by atoms with Gasteiger partial charge < -0.3 is 5.11 Å². The molecule has 0 aliphatic carbocycles. The number of aryl methyl sites for hydroxylation is 2. The fourth-order valence-corrected chi connectivity index (χ4v) is 3.04. The Kier molecular flexibility index (Phi) is 3.97. The van der Waals surface area contributed by atoms with Gasteiger partial charge >= 0.3 is 5.97 Å². The number of rotatable bonds is 4. The quantitative estimate of drug-likeness (QED) is 0.799. The van der Waals surface area contributed by atoms with E-state index in [0.29, 0.717) is 23.3 Å². The van der Waals surface area contributed by atoms with Crippen LogP contribution in [0.4, 0.5) is 0 Å². The van der Waals surface area contributed by atoms with Gasteiger partial charge in [-0.05, 0) is 31.5 Å². The molecule has 24 heavy (non-hydrogen) atoms. The Balaban J connectivity index is 2.42. The van der Waals surface area contributed by atoms with Gasteiger partial charge in [0.1, 0.15) is 12.4 Å². The largest absolute Gasteiger partial charge is 0.480 e. The number of aliphatic carboxylic acids is 1. The molecule has 0 bridgehead atoms. The number of benzene rings is 1. The van der Waals surface area contributed by atoms with E-state index in [4.69, 9.17) is 5.11 Å². The lowest BCUT2D eigenvalue weighted by Crippen LogP contribution is -2.28. The van der Waals surface area contributed by atoms with Crippen molar-refractivity contribution in [3.8, 4) is 5.69 Å². The van der Waals surface area contributed by atoms with Gasteiger partial charge in [0, 0.05) is 17.8 Å². The first-order valence-corrected chi connectivity index (χ1v) is 7.84. The molecule has 3 aromatic rings. The van der Waals surface area contributed by atoms with Crippen molar-refractivity contribution in [3.63, 3.8) is 0 Å². The Morgan fingerprint density at radius 1 is 1.21 bits per heavy atom. The molecular formula is C18H19N3O3. The summed E-state index contributed by atoms with van der Waals surface area (Å²) in [6.07, 6.45) is 0.483. The standard InChI is InChI=1S/C18H19N3O3/c1-4-14-19-17-16(18(24)20(14)10-15(22)23)11(2)12(3)21(17)13-8-6-5-7-9-13/h5-9H,4,10H2,1-3H3,(H,22,23). The van der Waals surface area contributed by atoms with Crippen LogP contribution in [0.5, 0.6) is 0 Å². The van der Waals surface area contributed by atoms with Crippen LogP contribution in [0.25, 0.3) is 16.7 Å². The maximum Gasteiger partial charge on any atom is 0.323 e. The van der Waals surface area contributed by atoms with Crippen LogP contribution in [0.2, 0.25) is 0 Å². The number of hydrogen-bond acceptors (Lipinski definition) is 3. The van der Waals surface area contributed by atoms with E-state index in [1.807, 2.05) is 55.7 Å². The maximum absolute atomic E-state index is 12.9. The number of para-hydroxylation sites is 1. The number of carbonyl (C=O) groups is 1. The van der Waals surface area contributed by atoms with Gasteiger partial charge in [-0.2, -0.15) is 0 Å². The highest BCUT2D eigenvalue weighted by atomic mass is 16.4. The lowest BCUT2D eigenvalue weighted by atomic mass is 10.2. The van der Waals surface area contributed by atoms with Gasteiger partial charge in [0.15, 0.2) is 5.65 Å². The molecule has 1 aromatic carbocycles. The Hall–Kier alpha value is -2.89. The van der Waals surface area contributed by atoms with Gasteiger partial charge in [0.25, 0.3) is 5.56 Å². The molecule has 0 aliphatic rings. The minimum Gasteiger partial charge on any atom is -0.480 e. The Morgan fingerprint density at radius 2 is 1.88 bits per heavy atom. The minimum absolute atomic E-state index is 0.297. The van der Waals surface area contributed by atoms with Crippen LogP contribution in [0, 0.1) is 13.8 Å². The summed E-state index contributed by atoms with van der Waals surface area (Å²) >= 11 is 0. The molecule has 1 N–H and O–H groups in total. The van der Waals surface area contributed by atoms with E-state index in [1.54, 1.807) is 0 Å². The van der Waals surface area contributed by atoms with E-state index in [9.17, 15) is 9.59 Å². The normalized spacial score (nSPS) is 11.1. The molecule has 3 rings (SSSR count). The summed E-state index contributed by atoms with van der Waals surface area (Å²) in [6, 6.07) is 9.72. The lowest BCUT2D eigenvalue weighted by Gasteiger charge is -2.11. The second-order valence-electron chi connectivity index (χ2n) is 5.75. The molecule has 6 heteroatoms. The molecule has 0 fully saturated rings. The molecule has 0 saturated heterocycles. The van der Waals surface area contributed by atoms with E-state index in [2.05, 4.69) is 4.98 Å². The topological polar surface area (TPSA) is 77.1 Å². The van der Waals surface area contributed by atoms with Gasteiger partial charge in [0.05, 0.1) is 5.39 Å². The summed E-state index contributed by atoms with van der Waals surface area (Å²) < 4.78 is 3.21. The predicted octanol–water partition coefficient (Wildman–Crippen LogP) is 2.45. The fourth-order valence-electron chi connectivity index (χ4n) is 3.04. The maximum atomic E-state index is 12.9. The van der Waals surface area contributed by atoms with Crippen molar-refractivity contribution in [3.05, 3.63) is 57.8 Å². The Labute approximate surface area is 139 Å². The average molecular weight is 325 g/mol. The monoisotopic (exact) mass is 325 g/mol. The van der Waals surface area contributed by atoms with E-state index >= 15 is 0 Å². The molecular weight excluding hydrogens is 306 g/mol. The Bertz CT molecular complexity index is 984.